The Morgan fingerprint density at radius 2 is 1.91 bits per heavy atom. The SMILES string of the molecule is CC[C@H](CO)Nc1nc(NCc2ccccc2)c2ncn(Cc3ccc(CCS(N)(=O)=O)s3)c2n1. The Kier molecular flexibility index (Phi) is 7.96. The number of fused-ring (bicyclic) bond motifs is 1. The molecule has 1 aromatic carbocycles. The molecule has 3 aromatic heterocycles. The first-order valence-electron chi connectivity index (χ1n) is 11.3. The molecule has 0 radical (unpaired) electrons. The van der Waals surface area contributed by atoms with Gasteiger partial charge in [-0.25, -0.2) is 18.5 Å². The van der Waals surface area contributed by atoms with E-state index in [4.69, 9.17) is 10.1 Å². The second kappa shape index (κ2) is 11.1. The second-order valence-corrected chi connectivity index (χ2v) is 11.2. The van der Waals surface area contributed by atoms with E-state index in [9.17, 15) is 13.5 Å². The largest absolute Gasteiger partial charge is 0.394 e. The number of aryl methyl sites for hydroxylation is 1. The molecule has 4 aromatic rings. The Morgan fingerprint density at radius 3 is 2.63 bits per heavy atom. The maximum Gasteiger partial charge on any atom is 0.227 e. The first-order chi connectivity index (χ1) is 16.8. The summed E-state index contributed by atoms with van der Waals surface area (Å²) in [6, 6.07) is 13.7. The van der Waals surface area contributed by atoms with Crippen LogP contribution in [-0.4, -0.2) is 51.4 Å². The number of imidazole rings is 1. The monoisotopic (exact) mass is 515 g/mol. The van der Waals surface area contributed by atoms with Gasteiger partial charge in [-0.15, -0.1) is 11.3 Å². The van der Waals surface area contributed by atoms with Crippen molar-refractivity contribution in [2.24, 2.45) is 5.14 Å². The molecule has 0 amide bonds. The first kappa shape index (κ1) is 25.0. The summed E-state index contributed by atoms with van der Waals surface area (Å²) in [5, 5.41) is 21.3. The van der Waals surface area contributed by atoms with Crippen molar-refractivity contribution < 1.29 is 13.5 Å². The van der Waals surface area contributed by atoms with E-state index in [2.05, 4.69) is 20.6 Å². The van der Waals surface area contributed by atoms with Crippen LogP contribution in [0.5, 0.6) is 0 Å². The molecule has 0 bridgehead atoms. The molecule has 4 rings (SSSR count). The Morgan fingerprint density at radius 1 is 1.14 bits per heavy atom. The summed E-state index contributed by atoms with van der Waals surface area (Å²) in [5.74, 6) is 0.937. The van der Waals surface area contributed by atoms with Crippen LogP contribution >= 0.6 is 11.3 Å². The van der Waals surface area contributed by atoms with Gasteiger partial charge in [-0.3, -0.25) is 0 Å². The molecule has 0 unspecified atom stereocenters. The molecule has 0 aliphatic heterocycles. The summed E-state index contributed by atoms with van der Waals surface area (Å²) < 4.78 is 24.5. The minimum atomic E-state index is -3.50. The number of benzene rings is 1. The molecule has 186 valence electrons. The van der Waals surface area contributed by atoms with Crippen molar-refractivity contribution in [1.29, 1.82) is 0 Å². The van der Waals surface area contributed by atoms with Gasteiger partial charge >= 0.3 is 0 Å². The summed E-state index contributed by atoms with van der Waals surface area (Å²) in [7, 11) is -3.50. The molecule has 35 heavy (non-hydrogen) atoms. The van der Waals surface area contributed by atoms with Gasteiger partial charge in [-0.2, -0.15) is 9.97 Å². The minimum Gasteiger partial charge on any atom is -0.394 e. The lowest BCUT2D eigenvalue weighted by molar-refractivity contribution is 0.271. The van der Waals surface area contributed by atoms with Crippen molar-refractivity contribution in [3.63, 3.8) is 0 Å². The van der Waals surface area contributed by atoms with Crippen molar-refractivity contribution in [2.45, 2.75) is 38.9 Å². The van der Waals surface area contributed by atoms with Crippen molar-refractivity contribution in [3.05, 3.63) is 64.1 Å². The Bertz CT molecular complexity index is 1370. The molecule has 10 nitrogen and oxygen atoms in total. The third-order valence-corrected chi connectivity index (χ3v) is 7.39. The number of hydrogen-bond donors (Lipinski definition) is 4. The molecule has 1 atom stereocenters. The van der Waals surface area contributed by atoms with Gasteiger partial charge in [0.15, 0.2) is 17.0 Å². The maximum absolute atomic E-state index is 11.3. The van der Waals surface area contributed by atoms with Crippen LogP contribution in [0.15, 0.2) is 48.8 Å². The van der Waals surface area contributed by atoms with Crippen molar-refractivity contribution in [2.75, 3.05) is 23.0 Å². The number of aliphatic hydroxyl groups excluding tert-OH is 1. The van der Waals surface area contributed by atoms with Crippen LogP contribution in [0.25, 0.3) is 11.2 Å². The van der Waals surface area contributed by atoms with E-state index in [0.717, 1.165) is 21.7 Å². The summed E-state index contributed by atoms with van der Waals surface area (Å²) in [6.07, 6.45) is 2.84. The first-order valence-corrected chi connectivity index (χ1v) is 13.8. The van der Waals surface area contributed by atoms with E-state index >= 15 is 0 Å². The fourth-order valence-corrected chi connectivity index (χ4v) is 5.19. The van der Waals surface area contributed by atoms with Gasteiger partial charge in [-0.1, -0.05) is 37.3 Å². The van der Waals surface area contributed by atoms with Gasteiger partial charge in [0.1, 0.15) is 0 Å². The number of aromatic nitrogens is 4. The third kappa shape index (κ3) is 6.75. The fourth-order valence-electron chi connectivity index (χ4n) is 3.54. The van der Waals surface area contributed by atoms with Crippen molar-refractivity contribution >= 4 is 44.3 Å². The zero-order valence-corrected chi connectivity index (χ0v) is 21.0. The van der Waals surface area contributed by atoms with E-state index in [1.807, 2.05) is 54.0 Å². The molecule has 3 heterocycles. The molecule has 0 aliphatic rings. The highest BCUT2D eigenvalue weighted by molar-refractivity contribution is 7.89. The van der Waals surface area contributed by atoms with Gasteiger partial charge in [0.05, 0.1) is 31.3 Å². The Hall–Kier alpha value is -3.06. The third-order valence-electron chi connectivity index (χ3n) is 5.49. The highest BCUT2D eigenvalue weighted by atomic mass is 32.2. The standard InChI is InChI=1S/C23H29N7O3S2/c1-2-17(14-31)27-23-28-21(25-12-16-6-4-3-5-7-16)20-22(29-23)30(15-26-20)13-19-9-8-18(34-19)10-11-35(24,32)33/h3-9,15,17,31H,2,10-14H2,1H3,(H2,24,32,33)(H2,25,27,28,29)/t17-/m1/s1. The number of primary sulfonamides is 1. The van der Waals surface area contributed by atoms with Gasteiger partial charge < -0.3 is 20.3 Å². The molecule has 0 fully saturated rings. The number of hydrogen-bond acceptors (Lipinski definition) is 9. The lowest BCUT2D eigenvalue weighted by Crippen LogP contribution is -2.24. The second-order valence-electron chi connectivity index (χ2n) is 8.20. The van der Waals surface area contributed by atoms with Crippen LogP contribution in [0.4, 0.5) is 11.8 Å². The number of nitrogens with one attached hydrogen (secondary N) is 2. The molecular weight excluding hydrogens is 486 g/mol. The van der Waals surface area contributed by atoms with Crippen LogP contribution < -0.4 is 15.8 Å². The fraction of sp³-hybridized carbons (Fsp3) is 0.348. The maximum atomic E-state index is 11.3. The van der Waals surface area contributed by atoms with E-state index in [1.165, 1.54) is 11.3 Å². The summed E-state index contributed by atoms with van der Waals surface area (Å²) in [4.78, 5) is 15.9. The minimum absolute atomic E-state index is 0.0274. The average Bonchev–Trinajstić information content (AvgIpc) is 3.47. The highest BCUT2D eigenvalue weighted by Gasteiger charge is 2.16. The number of rotatable bonds is 12. The Balaban J connectivity index is 1.61. The Labute approximate surface area is 208 Å². The number of sulfonamides is 1. The number of thiophene rings is 1. The van der Waals surface area contributed by atoms with Gasteiger partial charge in [-0.05, 0) is 30.5 Å². The normalized spacial score (nSPS) is 12.7. The van der Waals surface area contributed by atoms with Crippen LogP contribution in [0.3, 0.4) is 0 Å². The van der Waals surface area contributed by atoms with Crippen molar-refractivity contribution in [1.82, 2.24) is 19.5 Å². The van der Waals surface area contributed by atoms with Crippen molar-refractivity contribution in [3.8, 4) is 0 Å². The average molecular weight is 516 g/mol. The van der Waals surface area contributed by atoms with Crippen LogP contribution in [0.1, 0.15) is 28.7 Å². The van der Waals surface area contributed by atoms with E-state index in [-0.39, 0.29) is 18.4 Å². The zero-order chi connectivity index (χ0) is 24.8. The van der Waals surface area contributed by atoms with E-state index in [1.54, 1.807) is 6.33 Å². The summed E-state index contributed by atoms with van der Waals surface area (Å²) in [6.45, 7) is 3.06. The van der Waals surface area contributed by atoms with E-state index in [0.29, 0.717) is 42.4 Å². The van der Waals surface area contributed by atoms with Crippen LogP contribution in [0.2, 0.25) is 0 Å². The number of aliphatic hydroxyl groups is 1. The predicted octanol–water partition coefficient (Wildman–Crippen LogP) is 2.56. The molecule has 0 saturated heterocycles. The summed E-state index contributed by atoms with van der Waals surface area (Å²) >= 11 is 1.54. The number of nitrogens with zero attached hydrogens (tertiary/aromatic N) is 4. The molecule has 0 aliphatic carbocycles. The number of nitrogens with two attached hydrogens (primary N) is 1. The van der Waals surface area contributed by atoms with Gasteiger partial charge in [0.25, 0.3) is 0 Å². The smallest absolute Gasteiger partial charge is 0.227 e. The molecule has 0 spiro atoms. The number of anilines is 2. The van der Waals surface area contributed by atoms with Crippen LogP contribution in [-0.2, 0) is 29.5 Å². The molecular formula is C23H29N7O3S2. The van der Waals surface area contributed by atoms with Crippen LogP contribution in [0, 0.1) is 0 Å². The molecule has 12 heteroatoms. The van der Waals surface area contributed by atoms with E-state index < -0.39 is 10.0 Å². The van der Waals surface area contributed by atoms with Gasteiger partial charge in [0.2, 0.25) is 16.0 Å². The lowest BCUT2D eigenvalue weighted by Gasteiger charge is -2.15. The molecule has 0 saturated carbocycles. The zero-order valence-electron chi connectivity index (χ0n) is 19.4. The molecule has 5 N–H and O–H groups in total. The van der Waals surface area contributed by atoms with Gasteiger partial charge in [0, 0.05) is 16.3 Å². The summed E-state index contributed by atoms with van der Waals surface area (Å²) in [5.41, 5.74) is 2.42. The predicted molar refractivity (Wildman–Crippen MR) is 139 cm³/mol. The lowest BCUT2D eigenvalue weighted by atomic mass is 10.2. The highest BCUT2D eigenvalue weighted by Crippen LogP contribution is 2.25. The quantitative estimate of drug-likeness (QED) is 0.225. The topological polar surface area (TPSA) is 148 Å².